The average Bonchev–Trinajstić information content (AvgIpc) is 2.33. The van der Waals surface area contributed by atoms with Crippen molar-refractivity contribution in [1.82, 2.24) is 0 Å². The van der Waals surface area contributed by atoms with Gasteiger partial charge in [0.2, 0.25) is 0 Å². The van der Waals surface area contributed by atoms with E-state index in [2.05, 4.69) is 38.1 Å². The molecule has 0 aliphatic carbocycles. The fraction of sp³-hybridized carbons (Fsp3) is 0.600. The van der Waals surface area contributed by atoms with Gasteiger partial charge in [-0.15, -0.1) is 0 Å². The van der Waals surface area contributed by atoms with Crippen molar-refractivity contribution in [1.29, 1.82) is 0 Å². The molecule has 0 aromatic heterocycles. The Morgan fingerprint density at radius 2 is 1.81 bits per heavy atom. The van der Waals surface area contributed by atoms with E-state index in [1.807, 2.05) is 6.07 Å². The molecular formula is C15H24O. The third-order valence-corrected chi connectivity index (χ3v) is 2.84. The van der Waals surface area contributed by atoms with Gasteiger partial charge in [0.05, 0.1) is 12.7 Å². The van der Waals surface area contributed by atoms with Crippen LogP contribution in [0.4, 0.5) is 0 Å². The lowest BCUT2D eigenvalue weighted by Gasteiger charge is -2.12. The average molecular weight is 220 g/mol. The topological polar surface area (TPSA) is 9.23 Å². The first-order valence-electron chi connectivity index (χ1n) is 6.48. The molecule has 0 aliphatic heterocycles. The molecule has 0 saturated heterocycles. The first kappa shape index (κ1) is 13.2. The monoisotopic (exact) mass is 220 g/mol. The van der Waals surface area contributed by atoms with Crippen molar-refractivity contribution in [3.8, 4) is 0 Å². The van der Waals surface area contributed by atoms with Gasteiger partial charge in [-0.3, -0.25) is 0 Å². The quantitative estimate of drug-likeness (QED) is 0.583. The molecule has 1 aromatic rings. The Labute approximate surface area is 99.8 Å². The van der Waals surface area contributed by atoms with Gasteiger partial charge >= 0.3 is 0 Å². The maximum Gasteiger partial charge on any atom is 0.0720 e. The maximum atomic E-state index is 5.81. The fourth-order valence-corrected chi connectivity index (χ4v) is 1.75. The van der Waals surface area contributed by atoms with Crippen molar-refractivity contribution in [2.75, 3.05) is 0 Å². The van der Waals surface area contributed by atoms with Crippen LogP contribution in [0.1, 0.15) is 51.5 Å². The normalized spacial score (nSPS) is 12.6. The lowest BCUT2D eigenvalue weighted by atomic mass is 10.1. The molecule has 0 saturated carbocycles. The zero-order chi connectivity index (χ0) is 11.6. The molecule has 1 aromatic carbocycles. The second kappa shape index (κ2) is 8.35. The summed E-state index contributed by atoms with van der Waals surface area (Å²) in [7, 11) is 0. The van der Waals surface area contributed by atoms with Crippen molar-refractivity contribution in [2.24, 2.45) is 0 Å². The Bertz CT molecular complexity index is 255. The highest BCUT2D eigenvalue weighted by atomic mass is 16.5. The molecule has 16 heavy (non-hydrogen) atoms. The molecule has 0 spiro atoms. The van der Waals surface area contributed by atoms with E-state index in [4.69, 9.17) is 4.74 Å². The number of hydrogen-bond donors (Lipinski definition) is 0. The summed E-state index contributed by atoms with van der Waals surface area (Å²) in [6.45, 7) is 5.17. The van der Waals surface area contributed by atoms with Crippen LogP contribution in [0.5, 0.6) is 0 Å². The first-order valence-corrected chi connectivity index (χ1v) is 6.48. The summed E-state index contributed by atoms with van der Waals surface area (Å²) in [5.41, 5.74) is 1.27. The van der Waals surface area contributed by atoms with Crippen LogP contribution in [0.15, 0.2) is 30.3 Å². The molecule has 0 amide bonds. The molecule has 0 N–H and O–H groups in total. The summed E-state index contributed by atoms with van der Waals surface area (Å²) in [6.07, 6.45) is 6.87. The van der Waals surface area contributed by atoms with Gasteiger partial charge in [-0.2, -0.15) is 0 Å². The molecule has 1 heteroatoms. The highest BCUT2D eigenvalue weighted by molar-refractivity contribution is 5.13. The van der Waals surface area contributed by atoms with Crippen LogP contribution in [-0.2, 0) is 11.3 Å². The highest BCUT2D eigenvalue weighted by Crippen LogP contribution is 2.10. The minimum Gasteiger partial charge on any atom is -0.374 e. The van der Waals surface area contributed by atoms with Gasteiger partial charge in [0.1, 0.15) is 0 Å². The minimum atomic E-state index is 0.386. The zero-order valence-electron chi connectivity index (χ0n) is 10.6. The Kier molecular flexibility index (Phi) is 6.91. The number of ether oxygens (including phenoxy) is 1. The molecule has 0 aliphatic rings. The highest BCUT2D eigenvalue weighted by Gasteiger charge is 2.02. The van der Waals surface area contributed by atoms with Gasteiger partial charge in [-0.05, 0) is 18.9 Å². The predicted molar refractivity (Wildman–Crippen MR) is 69.5 cm³/mol. The zero-order valence-corrected chi connectivity index (χ0v) is 10.6. The summed E-state index contributed by atoms with van der Waals surface area (Å²) in [5, 5.41) is 0. The van der Waals surface area contributed by atoms with Gasteiger partial charge in [0.15, 0.2) is 0 Å². The molecule has 0 fully saturated rings. The predicted octanol–water partition coefficient (Wildman–Crippen LogP) is 4.56. The summed E-state index contributed by atoms with van der Waals surface area (Å²) in [5.74, 6) is 0. The standard InChI is InChI=1S/C15H24O/c1-3-4-5-7-10-14(2)16-13-15-11-8-6-9-12-15/h6,8-9,11-12,14H,3-5,7,10,13H2,1-2H3. The van der Waals surface area contributed by atoms with Gasteiger partial charge in [0.25, 0.3) is 0 Å². The van der Waals surface area contributed by atoms with E-state index in [1.165, 1.54) is 37.7 Å². The molecule has 0 bridgehead atoms. The fourth-order valence-electron chi connectivity index (χ4n) is 1.75. The lowest BCUT2D eigenvalue weighted by molar-refractivity contribution is 0.0459. The minimum absolute atomic E-state index is 0.386. The van der Waals surface area contributed by atoms with Crippen molar-refractivity contribution >= 4 is 0 Å². The van der Waals surface area contributed by atoms with Crippen molar-refractivity contribution in [2.45, 2.75) is 58.7 Å². The molecule has 0 radical (unpaired) electrons. The summed E-state index contributed by atoms with van der Waals surface area (Å²) < 4.78 is 5.81. The van der Waals surface area contributed by atoms with Crippen molar-refractivity contribution < 1.29 is 4.74 Å². The van der Waals surface area contributed by atoms with Crippen LogP contribution in [0, 0.1) is 0 Å². The van der Waals surface area contributed by atoms with Crippen LogP contribution < -0.4 is 0 Å². The van der Waals surface area contributed by atoms with E-state index >= 15 is 0 Å². The SMILES string of the molecule is CCCCCCC(C)OCc1ccccc1. The summed E-state index contributed by atoms with van der Waals surface area (Å²) in [4.78, 5) is 0. The van der Waals surface area contributed by atoms with E-state index in [0.29, 0.717) is 6.10 Å². The Hall–Kier alpha value is -0.820. The van der Waals surface area contributed by atoms with Gasteiger partial charge in [0, 0.05) is 0 Å². The van der Waals surface area contributed by atoms with Gasteiger partial charge in [-0.25, -0.2) is 0 Å². The van der Waals surface area contributed by atoms with E-state index in [9.17, 15) is 0 Å². The summed E-state index contributed by atoms with van der Waals surface area (Å²) in [6, 6.07) is 10.4. The number of benzene rings is 1. The van der Waals surface area contributed by atoms with Gasteiger partial charge in [-0.1, -0.05) is 62.9 Å². The van der Waals surface area contributed by atoms with Crippen LogP contribution in [0.3, 0.4) is 0 Å². The van der Waals surface area contributed by atoms with E-state index in [0.717, 1.165) is 6.61 Å². The number of unbranched alkanes of at least 4 members (excludes halogenated alkanes) is 3. The molecule has 90 valence electrons. The number of hydrogen-bond acceptors (Lipinski definition) is 1. The Morgan fingerprint density at radius 1 is 1.06 bits per heavy atom. The van der Waals surface area contributed by atoms with Gasteiger partial charge < -0.3 is 4.74 Å². The molecule has 1 nitrogen and oxygen atoms in total. The maximum absolute atomic E-state index is 5.81. The van der Waals surface area contributed by atoms with Crippen LogP contribution in [0.25, 0.3) is 0 Å². The largest absolute Gasteiger partial charge is 0.374 e. The second-order valence-electron chi connectivity index (χ2n) is 4.46. The third kappa shape index (κ3) is 5.92. The molecular weight excluding hydrogens is 196 g/mol. The van der Waals surface area contributed by atoms with Crippen LogP contribution in [0.2, 0.25) is 0 Å². The molecule has 1 unspecified atom stereocenters. The molecule has 0 heterocycles. The lowest BCUT2D eigenvalue weighted by Crippen LogP contribution is -2.07. The van der Waals surface area contributed by atoms with Crippen molar-refractivity contribution in [3.63, 3.8) is 0 Å². The van der Waals surface area contributed by atoms with Crippen LogP contribution >= 0.6 is 0 Å². The van der Waals surface area contributed by atoms with E-state index in [-0.39, 0.29) is 0 Å². The number of rotatable bonds is 8. The van der Waals surface area contributed by atoms with Crippen molar-refractivity contribution in [3.05, 3.63) is 35.9 Å². The summed E-state index contributed by atoms with van der Waals surface area (Å²) >= 11 is 0. The second-order valence-corrected chi connectivity index (χ2v) is 4.46. The van der Waals surface area contributed by atoms with E-state index in [1.54, 1.807) is 0 Å². The Balaban J connectivity index is 2.08. The third-order valence-electron chi connectivity index (χ3n) is 2.84. The smallest absolute Gasteiger partial charge is 0.0720 e. The first-order chi connectivity index (χ1) is 7.83. The Morgan fingerprint density at radius 3 is 2.50 bits per heavy atom. The molecule has 1 atom stereocenters. The van der Waals surface area contributed by atoms with Crippen LogP contribution in [-0.4, -0.2) is 6.10 Å². The van der Waals surface area contributed by atoms with E-state index < -0.39 is 0 Å². The molecule has 1 rings (SSSR count).